The average Bonchev–Trinajstić information content (AvgIpc) is 2.54. The van der Waals surface area contributed by atoms with Crippen molar-refractivity contribution in [1.29, 1.82) is 0 Å². The van der Waals surface area contributed by atoms with E-state index in [9.17, 15) is 4.79 Å². The van der Waals surface area contributed by atoms with E-state index in [-0.39, 0.29) is 5.78 Å². The van der Waals surface area contributed by atoms with Crippen molar-refractivity contribution in [3.63, 3.8) is 0 Å². The standard InChI is InChI=1S/2C6H6.C3H6O.C2H6O.C2H6/c2*1-2-4-6-5-3-1;1-3(2)4;1-3-2;1-2/h2*1-6H;1-2H3;1-2H3;1-2H3. The molecule has 21 heavy (non-hydrogen) atoms. The summed E-state index contributed by atoms with van der Waals surface area (Å²) in [4.78, 5) is 9.44. The third-order valence-electron chi connectivity index (χ3n) is 1.33. The molecule has 0 unspecified atom stereocenters. The Labute approximate surface area is 130 Å². The second kappa shape index (κ2) is 26.6. The van der Waals surface area contributed by atoms with Crippen LogP contribution in [-0.4, -0.2) is 20.0 Å². The minimum Gasteiger partial charge on any atom is -0.388 e. The van der Waals surface area contributed by atoms with Crippen molar-refractivity contribution < 1.29 is 9.53 Å². The van der Waals surface area contributed by atoms with Crippen LogP contribution in [0.25, 0.3) is 0 Å². The molecule has 0 amide bonds. The summed E-state index contributed by atoms with van der Waals surface area (Å²) < 4.78 is 4.25. The number of ketones is 1. The van der Waals surface area contributed by atoms with E-state index in [0.717, 1.165) is 0 Å². The van der Waals surface area contributed by atoms with Crippen molar-refractivity contribution in [3.05, 3.63) is 72.8 Å². The van der Waals surface area contributed by atoms with E-state index in [1.165, 1.54) is 13.8 Å². The van der Waals surface area contributed by atoms with Gasteiger partial charge in [-0.15, -0.1) is 0 Å². The highest BCUT2D eigenvalue weighted by molar-refractivity contribution is 5.72. The minimum absolute atomic E-state index is 0.167. The van der Waals surface area contributed by atoms with Gasteiger partial charge in [0.1, 0.15) is 5.78 Å². The Morgan fingerprint density at radius 2 is 0.619 bits per heavy atom. The zero-order chi connectivity index (χ0) is 16.8. The monoisotopic (exact) mass is 290 g/mol. The third-order valence-corrected chi connectivity index (χ3v) is 1.33. The molecule has 0 fully saturated rings. The molecule has 0 spiro atoms. The smallest absolute Gasteiger partial charge is 0.126 e. The molecule has 0 bridgehead atoms. The molecule has 0 saturated carbocycles. The Hall–Kier alpha value is -1.93. The van der Waals surface area contributed by atoms with E-state index >= 15 is 0 Å². The first-order valence-electron chi connectivity index (χ1n) is 7.02. The SMILES string of the molecule is CC.CC(C)=O.COC.c1ccccc1.c1ccccc1. The van der Waals surface area contributed by atoms with Crippen molar-refractivity contribution in [3.8, 4) is 0 Å². The molecular weight excluding hydrogens is 260 g/mol. The molecule has 0 saturated heterocycles. The van der Waals surface area contributed by atoms with Gasteiger partial charge in [0.05, 0.1) is 0 Å². The molecule has 2 rings (SSSR count). The van der Waals surface area contributed by atoms with Gasteiger partial charge in [-0.2, -0.15) is 0 Å². The summed E-state index contributed by atoms with van der Waals surface area (Å²) in [5.74, 6) is 0.167. The number of rotatable bonds is 0. The molecule has 118 valence electrons. The van der Waals surface area contributed by atoms with Crippen LogP contribution in [0.5, 0.6) is 0 Å². The topological polar surface area (TPSA) is 26.3 Å². The average molecular weight is 290 g/mol. The minimum atomic E-state index is 0.167. The first kappa shape index (κ1) is 24.1. The van der Waals surface area contributed by atoms with Gasteiger partial charge >= 0.3 is 0 Å². The molecule has 0 aliphatic carbocycles. The zero-order valence-corrected chi connectivity index (χ0v) is 14.2. The fraction of sp³-hybridized carbons (Fsp3) is 0.316. The third kappa shape index (κ3) is 46.0. The highest BCUT2D eigenvalue weighted by Gasteiger charge is 1.62. The van der Waals surface area contributed by atoms with Crippen molar-refractivity contribution in [1.82, 2.24) is 0 Å². The van der Waals surface area contributed by atoms with Crippen LogP contribution in [0, 0.1) is 0 Å². The fourth-order valence-electron chi connectivity index (χ4n) is 0.770. The molecule has 0 radical (unpaired) electrons. The first-order valence-corrected chi connectivity index (χ1v) is 7.02. The van der Waals surface area contributed by atoms with Crippen LogP contribution >= 0.6 is 0 Å². The molecule has 0 atom stereocenters. The largest absolute Gasteiger partial charge is 0.388 e. The predicted octanol–water partition coefficient (Wildman–Crippen LogP) is 5.26. The molecule has 2 heteroatoms. The number of hydrogen-bond acceptors (Lipinski definition) is 2. The van der Waals surface area contributed by atoms with E-state index in [1.54, 1.807) is 14.2 Å². The molecule has 0 aromatic heterocycles. The van der Waals surface area contributed by atoms with Gasteiger partial charge in [-0.25, -0.2) is 0 Å². The summed E-state index contributed by atoms with van der Waals surface area (Å²) in [6.07, 6.45) is 0. The lowest BCUT2D eigenvalue weighted by Crippen LogP contribution is -1.69. The number of Topliss-reactive ketones (excluding diaryl/α,β-unsaturated/α-hetero) is 1. The van der Waals surface area contributed by atoms with E-state index in [1.807, 2.05) is 86.6 Å². The van der Waals surface area contributed by atoms with Crippen LogP contribution < -0.4 is 0 Å². The second-order valence-corrected chi connectivity index (χ2v) is 3.63. The van der Waals surface area contributed by atoms with Crippen LogP contribution in [0.1, 0.15) is 27.7 Å². The number of hydrogen-bond donors (Lipinski definition) is 0. The van der Waals surface area contributed by atoms with Crippen molar-refractivity contribution >= 4 is 5.78 Å². The van der Waals surface area contributed by atoms with Crippen molar-refractivity contribution in [2.24, 2.45) is 0 Å². The lowest BCUT2D eigenvalue weighted by atomic mass is 10.4. The first-order chi connectivity index (χ1) is 10.1. The lowest BCUT2D eigenvalue weighted by Gasteiger charge is -1.69. The summed E-state index contributed by atoms with van der Waals surface area (Å²) in [5.41, 5.74) is 0. The molecule has 2 aromatic rings. The van der Waals surface area contributed by atoms with Gasteiger partial charge in [-0.1, -0.05) is 86.6 Å². The Bertz CT molecular complexity index is 269. The van der Waals surface area contributed by atoms with Crippen molar-refractivity contribution in [2.45, 2.75) is 27.7 Å². The predicted molar refractivity (Wildman–Crippen MR) is 93.5 cm³/mol. The molecule has 2 aromatic carbocycles. The number of carbonyl (C=O) groups is 1. The number of carbonyl (C=O) groups excluding carboxylic acids is 1. The normalized spacial score (nSPS) is 6.95. The lowest BCUT2D eigenvalue weighted by molar-refractivity contribution is -0.114. The van der Waals surface area contributed by atoms with Gasteiger partial charge in [0.15, 0.2) is 0 Å². The number of methoxy groups -OCH3 is 1. The molecule has 0 aliphatic heterocycles. The quantitative estimate of drug-likeness (QED) is 0.661. The van der Waals surface area contributed by atoms with Gasteiger partial charge in [0.2, 0.25) is 0 Å². The van der Waals surface area contributed by atoms with E-state index < -0.39 is 0 Å². The van der Waals surface area contributed by atoms with Gasteiger partial charge in [0, 0.05) is 14.2 Å². The Kier molecular flexibility index (Phi) is 30.5. The molecule has 0 aliphatic rings. The Morgan fingerprint density at radius 3 is 0.667 bits per heavy atom. The maximum atomic E-state index is 9.44. The summed E-state index contributed by atoms with van der Waals surface area (Å²) >= 11 is 0. The van der Waals surface area contributed by atoms with Crippen LogP contribution in [0.4, 0.5) is 0 Å². The molecular formula is C19H30O2. The van der Waals surface area contributed by atoms with E-state index in [0.29, 0.717) is 0 Å². The van der Waals surface area contributed by atoms with E-state index in [4.69, 9.17) is 0 Å². The molecule has 0 N–H and O–H groups in total. The summed E-state index contributed by atoms with van der Waals surface area (Å²) in [6.45, 7) is 7.06. The zero-order valence-electron chi connectivity index (χ0n) is 14.2. The van der Waals surface area contributed by atoms with Crippen LogP contribution in [0.2, 0.25) is 0 Å². The maximum absolute atomic E-state index is 9.44. The molecule has 2 nitrogen and oxygen atoms in total. The Morgan fingerprint density at radius 1 is 0.571 bits per heavy atom. The summed E-state index contributed by atoms with van der Waals surface area (Å²) in [7, 11) is 3.25. The van der Waals surface area contributed by atoms with Gasteiger partial charge in [-0.3, -0.25) is 0 Å². The number of benzene rings is 2. The van der Waals surface area contributed by atoms with Gasteiger partial charge in [0.25, 0.3) is 0 Å². The molecule has 0 heterocycles. The highest BCUT2D eigenvalue weighted by Crippen LogP contribution is 1.80. The highest BCUT2D eigenvalue weighted by atomic mass is 16.4. The fourth-order valence-corrected chi connectivity index (χ4v) is 0.770. The Balaban J connectivity index is -0.000000205. The van der Waals surface area contributed by atoms with E-state index in [2.05, 4.69) is 4.74 Å². The summed E-state index contributed by atoms with van der Waals surface area (Å²) in [6, 6.07) is 24.0. The van der Waals surface area contributed by atoms with Crippen LogP contribution in [0.3, 0.4) is 0 Å². The summed E-state index contributed by atoms with van der Waals surface area (Å²) in [5, 5.41) is 0. The van der Waals surface area contributed by atoms with Gasteiger partial charge in [-0.05, 0) is 13.8 Å². The van der Waals surface area contributed by atoms with Crippen LogP contribution in [-0.2, 0) is 9.53 Å². The number of ether oxygens (including phenoxy) is 1. The second-order valence-electron chi connectivity index (χ2n) is 3.63. The maximum Gasteiger partial charge on any atom is 0.126 e. The van der Waals surface area contributed by atoms with Crippen LogP contribution in [0.15, 0.2) is 72.8 Å². The van der Waals surface area contributed by atoms with Crippen molar-refractivity contribution in [2.75, 3.05) is 14.2 Å². The van der Waals surface area contributed by atoms with Gasteiger partial charge < -0.3 is 9.53 Å².